The number of halogens is 1. The molecule has 0 bridgehead atoms. The molecule has 2 nitrogen and oxygen atoms in total. The molecule has 16 heavy (non-hydrogen) atoms. The minimum atomic E-state index is -0.277. The molecule has 1 unspecified atom stereocenters. The lowest BCUT2D eigenvalue weighted by Gasteiger charge is -2.33. The van der Waals surface area contributed by atoms with Gasteiger partial charge in [0.15, 0.2) is 0 Å². The van der Waals surface area contributed by atoms with Crippen molar-refractivity contribution < 1.29 is 4.74 Å². The molecule has 1 aliphatic rings. The zero-order valence-corrected chi connectivity index (χ0v) is 11.6. The number of hydrogen-bond donors (Lipinski definition) is 1. The van der Waals surface area contributed by atoms with E-state index in [1.807, 2.05) is 0 Å². The zero-order valence-electron chi connectivity index (χ0n) is 10.0. The van der Waals surface area contributed by atoms with Crippen LogP contribution < -0.4 is 10.5 Å². The third-order valence-corrected chi connectivity index (χ3v) is 3.80. The van der Waals surface area contributed by atoms with Gasteiger partial charge in [0.25, 0.3) is 0 Å². The SMILES string of the molecule is CC(C)c1cc(Br)c2c(c1)C(C)(N)CCO2. The molecule has 1 heterocycles. The summed E-state index contributed by atoms with van der Waals surface area (Å²) >= 11 is 3.57. The van der Waals surface area contributed by atoms with Gasteiger partial charge < -0.3 is 10.5 Å². The van der Waals surface area contributed by atoms with Crippen LogP contribution in [-0.2, 0) is 5.54 Å². The lowest BCUT2D eigenvalue weighted by atomic mass is 9.85. The summed E-state index contributed by atoms with van der Waals surface area (Å²) in [6.07, 6.45) is 0.869. The lowest BCUT2D eigenvalue weighted by molar-refractivity contribution is 0.225. The summed E-state index contributed by atoms with van der Waals surface area (Å²) in [5.74, 6) is 1.42. The molecule has 1 aromatic rings. The van der Waals surface area contributed by atoms with Gasteiger partial charge in [-0.3, -0.25) is 0 Å². The quantitative estimate of drug-likeness (QED) is 0.856. The average Bonchev–Trinajstić information content (AvgIpc) is 2.18. The molecule has 0 radical (unpaired) electrons. The zero-order chi connectivity index (χ0) is 11.9. The monoisotopic (exact) mass is 283 g/mol. The summed E-state index contributed by atoms with van der Waals surface area (Å²) in [5, 5.41) is 0. The molecule has 1 aromatic carbocycles. The second kappa shape index (κ2) is 4.04. The van der Waals surface area contributed by atoms with Gasteiger partial charge in [-0.15, -0.1) is 0 Å². The van der Waals surface area contributed by atoms with Gasteiger partial charge in [0, 0.05) is 17.5 Å². The van der Waals surface area contributed by atoms with Crippen LogP contribution in [0.25, 0.3) is 0 Å². The van der Waals surface area contributed by atoms with Gasteiger partial charge in [0.05, 0.1) is 11.1 Å². The molecule has 1 aliphatic heterocycles. The molecule has 2 N–H and O–H groups in total. The third-order valence-electron chi connectivity index (χ3n) is 3.22. The van der Waals surface area contributed by atoms with Crippen LogP contribution in [0.4, 0.5) is 0 Å². The Balaban J connectivity index is 2.59. The minimum absolute atomic E-state index is 0.277. The first-order valence-corrected chi connectivity index (χ1v) is 6.47. The van der Waals surface area contributed by atoms with E-state index in [1.54, 1.807) is 0 Å². The van der Waals surface area contributed by atoms with Crippen LogP contribution in [0.15, 0.2) is 16.6 Å². The highest BCUT2D eigenvalue weighted by Gasteiger charge is 2.31. The summed E-state index contributed by atoms with van der Waals surface area (Å²) in [7, 11) is 0. The maximum absolute atomic E-state index is 6.33. The van der Waals surface area contributed by atoms with Crippen molar-refractivity contribution in [1.82, 2.24) is 0 Å². The van der Waals surface area contributed by atoms with Crippen LogP contribution >= 0.6 is 15.9 Å². The summed E-state index contributed by atoms with van der Waals surface area (Å²) in [5.41, 5.74) is 8.47. The largest absolute Gasteiger partial charge is 0.492 e. The molecule has 0 spiro atoms. The van der Waals surface area contributed by atoms with Crippen molar-refractivity contribution in [2.45, 2.75) is 38.6 Å². The van der Waals surface area contributed by atoms with Crippen molar-refractivity contribution in [2.24, 2.45) is 5.73 Å². The first-order chi connectivity index (χ1) is 7.42. The fraction of sp³-hybridized carbons (Fsp3) is 0.538. The van der Waals surface area contributed by atoms with Crippen LogP contribution in [-0.4, -0.2) is 6.61 Å². The summed E-state index contributed by atoms with van der Waals surface area (Å²) < 4.78 is 6.72. The van der Waals surface area contributed by atoms with Crippen LogP contribution in [0.5, 0.6) is 5.75 Å². The maximum Gasteiger partial charge on any atom is 0.138 e. The Morgan fingerprint density at radius 3 is 2.75 bits per heavy atom. The van der Waals surface area contributed by atoms with Gasteiger partial charge in [-0.25, -0.2) is 0 Å². The highest BCUT2D eigenvalue weighted by molar-refractivity contribution is 9.10. The molecular weight excluding hydrogens is 266 g/mol. The Kier molecular flexibility index (Phi) is 3.01. The molecule has 0 amide bonds. The van der Waals surface area contributed by atoms with Crippen LogP contribution in [0.3, 0.4) is 0 Å². The second-order valence-electron chi connectivity index (χ2n) is 5.05. The van der Waals surface area contributed by atoms with Gasteiger partial charge >= 0.3 is 0 Å². The van der Waals surface area contributed by atoms with Crippen molar-refractivity contribution in [2.75, 3.05) is 6.61 Å². The van der Waals surface area contributed by atoms with Gasteiger partial charge in [0.1, 0.15) is 5.75 Å². The third kappa shape index (κ3) is 1.98. The van der Waals surface area contributed by atoms with Crippen LogP contribution in [0.1, 0.15) is 44.2 Å². The Hall–Kier alpha value is -0.540. The van der Waals surface area contributed by atoms with E-state index in [-0.39, 0.29) is 5.54 Å². The Bertz CT molecular complexity index is 413. The van der Waals surface area contributed by atoms with Crippen LogP contribution in [0.2, 0.25) is 0 Å². The first-order valence-electron chi connectivity index (χ1n) is 5.67. The summed E-state index contributed by atoms with van der Waals surface area (Å²) in [4.78, 5) is 0. The molecule has 0 saturated heterocycles. The van der Waals surface area contributed by atoms with Crippen molar-refractivity contribution in [3.05, 3.63) is 27.7 Å². The smallest absolute Gasteiger partial charge is 0.138 e. The average molecular weight is 284 g/mol. The fourth-order valence-electron chi connectivity index (χ4n) is 2.02. The van der Waals surface area contributed by atoms with E-state index in [4.69, 9.17) is 10.5 Å². The van der Waals surface area contributed by atoms with Crippen molar-refractivity contribution in [1.29, 1.82) is 0 Å². The summed E-state index contributed by atoms with van der Waals surface area (Å²) in [6.45, 7) is 7.14. The molecule has 0 aliphatic carbocycles. The topological polar surface area (TPSA) is 35.2 Å². The number of ether oxygens (including phenoxy) is 1. The number of benzene rings is 1. The molecule has 2 rings (SSSR count). The molecule has 0 aromatic heterocycles. The number of hydrogen-bond acceptors (Lipinski definition) is 2. The van der Waals surface area contributed by atoms with E-state index in [0.717, 1.165) is 22.2 Å². The van der Waals surface area contributed by atoms with Gasteiger partial charge in [-0.2, -0.15) is 0 Å². The second-order valence-corrected chi connectivity index (χ2v) is 5.90. The van der Waals surface area contributed by atoms with Crippen LogP contribution in [0, 0.1) is 0 Å². The molecular formula is C13H18BrNO. The lowest BCUT2D eigenvalue weighted by Crippen LogP contribution is -2.38. The van der Waals surface area contributed by atoms with E-state index < -0.39 is 0 Å². The standard InChI is InChI=1S/C13H18BrNO/c1-8(2)9-6-10-12(11(14)7-9)16-5-4-13(10,3)15/h6-8H,4-5,15H2,1-3H3. The van der Waals surface area contributed by atoms with E-state index in [0.29, 0.717) is 12.5 Å². The summed E-state index contributed by atoms with van der Waals surface area (Å²) in [6, 6.07) is 4.31. The highest BCUT2D eigenvalue weighted by atomic mass is 79.9. The van der Waals surface area contributed by atoms with Gasteiger partial charge in [-0.1, -0.05) is 13.8 Å². The maximum atomic E-state index is 6.33. The van der Waals surface area contributed by atoms with Gasteiger partial charge in [-0.05, 0) is 46.5 Å². The van der Waals surface area contributed by atoms with E-state index in [9.17, 15) is 0 Å². The Morgan fingerprint density at radius 1 is 1.44 bits per heavy atom. The molecule has 0 saturated carbocycles. The van der Waals surface area contributed by atoms with E-state index in [2.05, 4.69) is 48.8 Å². The molecule has 3 heteroatoms. The van der Waals surface area contributed by atoms with E-state index >= 15 is 0 Å². The van der Waals surface area contributed by atoms with Crippen molar-refractivity contribution in [3.8, 4) is 5.75 Å². The molecule has 1 atom stereocenters. The van der Waals surface area contributed by atoms with E-state index in [1.165, 1.54) is 5.56 Å². The number of fused-ring (bicyclic) bond motifs is 1. The fourth-order valence-corrected chi connectivity index (χ4v) is 2.61. The predicted molar refractivity (Wildman–Crippen MR) is 69.9 cm³/mol. The van der Waals surface area contributed by atoms with Crippen molar-refractivity contribution >= 4 is 15.9 Å². The van der Waals surface area contributed by atoms with Crippen molar-refractivity contribution in [3.63, 3.8) is 0 Å². The molecule has 88 valence electrons. The number of nitrogens with two attached hydrogens (primary N) is 1. The van der Waals surface area contributed by atoms with Gasteiger partial charge in [0.2, 0.25) is 0 Å². The Labute approximate surface area is 105 Å². The number of rotatable bonds is 1. The Morgan fingerprint density at radius 2 is 2.12 bits per heavy atom. The predicted octanol–water partition coefficient (Wildman–Crippen LogP) is 3.53. The molecule has 0 fully saturated rings. The highest BCUT2D eigenvalue weighted by Crippen LogP contribution is 2.41. The first kappa shape index (κ1) is 11.9. The normalized spacial score (nSPS) is 24.1. The minimum Gasteiger partial charge on any atom is -0.492 e.